The van der Waals surface area contributed by atoms with Crippen molar-refractivity contribution in [3.8, 4) is 0 Å². The first-order valence-electron chi connectivity index (χ1n) is 6.05. The highest BCUT2D eigenvalue weighted by atomic mass is 32.2. The summed E-state index contributed by atoms with van der Waals surface area (Å²) >= 11 is 0. The van der Waals surface area contributed by atoms with Gasteiger partial charge in [0.1, 0.15) is 0 Å². The standard InChI is InChI=1S/C13H19NO2S/c1-17(15,16)14(11-13-8-5-9-13)10-12-6-3-2-4-7-12/h2-4,6-7,13H,5,8-11H2,1H3. The van der Waals surface area contributed by atoms with Gasteiger partial charge in [-0.25, -0.2) is 8.42 Å². The highest BCUT2D eigenvalue weighted by molar-refractivity contribution is 7.88. The zero-order chi connectivity index (χ0) is 12.3. The monoisotopic (exact) mass is 253 g/mol. The molecule has 0 bridgehead atoms. The Kier molecular flexibility index (Phi) is 3.84. The lowest BCUT2D eigenvalue weighted by atomic mass is 9.85. The summed E-state index contributed by atoms with van der Waals surface area (Å²) in [5.41, 5.74) is 1.05. The quantitative estimate of drug-likeness (QED) is 0.807. The summed E-state index contributed by atoms with van der Waals surface area (Å²) in [6.07, 6.45) is 4.88. The van der Waals surface area contributed by atoms with Crippen molar-refractivity contribution >= 4 is 10.0 Å². The summed E-state index contributed by atoms with van der Waals surface area (Å²) in [6.45, 7) is 1.17. The van der Waals surface area contributed by atoms with E-state index in [0.29, 0.717) is 19.0 Å². The lowest BCUT2D eigenvalue weighted by molar-refractivity contribution is 0.243. The van der Waals surface area contributed by atoms with Gasteiger partial charge in [-0.3, -0.25) is 0 Å². The third kappa shape index (κ3) is 3.54. The van der Waals surface area contributed by atoms with Crippen molar-refractivity contribution < 1.29 is 8.42 Å². The lowest BCUT2D eigenvalue weighted by Gasteiger charge is -2.31. The maximum atomic E-state index is 11.7. The third-order valence-corrected chi connectivity index (χ3v) is 4.57. The van der Waals surface area contributed by atoms with Crippen molar-refractivity contribution in [3.63, 3.8) is 0 Å². The van der Waals surface area contributed by atoms with Crippen molar-refractivity contribution in [2.75, 3.05) is 12.8 Å². The normalized spacial score (nSPS) is 17.1. The minimum Gasteiger partial charge on any atom is -0.212 e. The average molecular weight is 253 g/mol. The van der Waals surface area contributed by atoms with E-state index >= 15 is 0 Å². The van der Waals surface area contributed by atoms with Gasteiger partial charge in [-0.1, -0.05) is 36.8 Å². The molecule has 0 saturated heterocycles. The summed E-state index contributed by atoms with van der Waals surface area (Å²) in [4.78, 5) is 0. The van der Waals surface area contributed by atoms with Crippen LogP contribution >= 0.6 is 0 Å². The first-order valence-corrected chi connectivity index (χ1v) is 7.89. The van der Waals surface area contributed by atoms with Crippen LogP contribution in [0.3, 0.4) is 0 Å². The van der Waals surface area contributed by atoms with Gasteiger partial charge >= 0.3 is 0 Å². The van der Waals surface area contributed by atoms with Gasteiger partial charge < -0.3 is 0 Å². The predicted molar refractivity (Wildman–Crippen MR) is 69.0 cm³/mol. The lowest BCUT2D eigenvalue weighted by Crippen LogP contribution is -2.36. The van der Waals surface area contributed by atoms with Gasteiger partial charge in [-0.2, -0.15) is 4.31 Å². The average Bonchev–Trinajstić information content (AvgIpc) is 2.21. The van der Waals surface area contributed by atoms with E-state index in [4.69, 9.17) is 0 Å². The van der Waals surface area contributed by atoms with Crippen LogP contribution in [0.4, 0.5) is 0 Å². The van der Waals surface area contributed by atoms with Crippen molar-refractivity contribution in [1.82, 2.24) is 4.31 Å². The predicted octanol–water partition coefficient (Wildman–Crippen LogP) is 2.25. The van der Waals surface area contributed by atoms with Crippen molar-refractivity contribution in [3.05, 3.63) is 35.9 Å². The largest absolute Gasteiger partial charge is 0.212 e. The van der Waals surface area contributed by atoms with Crippen LogP contribution in [0.25, 0.3) is 0 Å². The van der Waals surface area contributed by atoms with Crippen molar-refractivity contribution in [1.29, 1.82) is 0 Å². The van der Waals surface area contributed by atoms with E-state index in [1.54, 1.807) is 4.31 Å². The molecule has 1 fully saturated rings. The molecule has 1 aromatic rings. The number of rotatable bonds is 5. The molecule has 0 N–H and O–H groups in total. The van der Waals surface area contributed by atoms with Crippen LogP contribution in [0.2, 0.25) is 0 Å². The molecule has 17 heavy (non-hydrogen) atoms. The first-order chi connectivity index (χ1) is 8.05. The van der Waals surface area contributed by atoms with Crippen LogP contribution in [-0.4, -0.2) is 25.5 Å². The fourth-order valence-corrected chi connectivity index (χ4v) is 2.93. The Morgan fingerprint density at radius 3 is 2.35 bits per heavy atom. The van der Waals surface area contributed by atoms with Gasteiger partial charge in [0.2, 0.25) is 10.0 Å². The van der Waals surface area contributed by atoms with Crippen LogP contribution in [-0.2, 0) is 16.6 Å². The molecule has 0 aromatic heterocycles. The Bertz CT molecular complexity index is 452. The Hall–Kier alpha value is -0.870. The van der Waals surface area contributed by atoms with Gasteiger partial charge in [0.15, 0.2) is 0 Å². The van der Waals surface area contributed by atoms with Gasteiger partial charge in [-0.05, 0) is 24.3 Å². The van der Waals surface area contributed by atoms with Gasteiger partial charge in [0.05, 0.1) is 6.26 Å². The number of hydrogen-bond donors (Lipinski definition) is 0. The summed E-state index contributed by atoms with van der Waals surface area (Å²) < 4.78 is 25.1. The SMILES string of the molecule is CS(=O)(=O)N(Cc1ccccc1)CC1CCC1. The third-order valence-electron chi connectivity index (χ3n) is 3.36. The molecule has 1 aliphatic carbocycles. The van der Waals surface area contributed by atoms with Crippen LogP contribution < -0.4 is 0 Å². The molecule has 1 saturated carbocycles. The summed E-state index contributed by atoms with van der Waals surface area (Å²) in [6, 6.07) is 9.77. The van der Waals surface area contributed by atoms with Gasteiger partial charge in [0.25, 0.3) is 0 Å². The molecule has 94 valence electrons. The Morgan fingerprint density at radius 2 is 1.88 bits per heavy atom. The summed E-state index contributed by atoms with van der Waals surface area (Å²) in [7, 11) is -3.10. The summed E-state index contributed by atoms with van der Waals surface area (Å²) in [5.74, 6) is 0.563. The van der Waals surface area contributed by atoms with Crippen LogP contribution in [0.5, 0.6) is 0 Å². The molecule has 0 unspecified atom stereocenters. The maximum Gasteiger partial charge on any atom is 0.211 e. The van der Waals surface area contributed by atoms with Crippen molar-refractivity contribution in [2.45, 2.75) is 25.8 Å². The Balaban J connectivity index is 2.05. The van der Waals surface area contributed by atoms with Crippen molar-refractivity contribution in [2.24, 2.45) is 5.92 Å². The molecule has 0 radical (unpaired) electrons. The highest BCUT2D eigenvalue weighted by Crippen LogP contribution is 2.28. The van der Waals surface area contributed by atoms with E-state index in [2.05, 4.69) is 0 Å². The van der Waals surface area contributed by atoms with E-state index in [1.165, 1.54) is 25.5 Å². The molecule has 4 heteroatoms. The molecule has 3 nitrogen and oxygen atoms in total. The summed E-state index contributed by atoms with van der Waals surface area (Å²) in [5, 5.41) is 0. The molecular weight excluding hydrogens is 234 g/mol. The highest BCUT2D eigenvalue weighted by Gasteiger charge is 2.25. The molecule has 0 heterocycles. The molecule has 1 aliphatic rings. The maximum absolute atomic E-state index is 11.7. The van der Waals surface area contributed by atoms with E-state index in [-0.39, 0.29) is 0 Å². The smallest absolute Gasteiger partial charge is 0.211 e. The molecule has 0 aliphatic heterocycles. The first kappa shape index (κ1) is 12.6. The number of sulfonamides is 1. The minimum absolute atomic E-state index is 0.496. The zero-order valence-corrected chi connectivity index (χ0v) is 11.0. The number of hydrogen-bond acceptors (Lipinski definition) is 2. The second-order valence-corrected chi connectivity index (χ2v) is 6.82. The topological polar surface area (TPSA) is 37.4 Å². The fourth-order valence-electron chi connectivity index (χ4n) is 2.07. The van der Waals surface area contributed by atoms with E-state index < -0.39 is 10.0 Å². The number of benzene rings is 1. The molecule has 0 spiro atoms. The minimum atomic E-state index is -3.10. The Labute approximate surface area is 104 Å². The molecule has 0 atom stereocenters. The second-order valence-electron chi connectivity index (χ2n) is 4.84. The second kappa shape index (κ2) is 5.19. The molecular formula is C13H19NO2S. The fraction of sp³-hybridized carbons (Fsp3) is 0.538. The van der Waals surface area contributed by atoms with Gasteiger partial charge in [0, 0.05) is 13.1 Å². The molecule has 2 rings (SSSR count). The van der Waals surface area contributed by atoms with E-state index in [0.717, 1.165) is 5.56 Å². The van der Waals surface area contributed by atoms with Crippen LogP contribution in [0.1, 0.15) is 24.8 Å². The number of nitrogens with zero attached hydrogens (tertiary/aromatic N) is 1. The Morgan fingerprint density at radius 1 is 1.24 bits per heavy atom. The van der Waals surface area contributed by atoms with Gasteiger partial charge in [-0.15, -0.1) is 0 Å². The zero-order valence-electron chi connectivity index (χ0n) is 10.2. The molecule has 1 aromatic carbocycles. The molecule has 0 amide bonds. The van der Waals surface area contributed by atoms with Crippen LogP contribution in [0, 0.1) is 5.92 Å². The van der Waals surface area contributed by atoms with E-state index in [1.807, 2.05) is 30.3 Å². The van der Waals surface area contributed by atoms with Crippen LogP contribution in [0.15, 0.2) is 30.3 Å². The van der Waals surface area contributed by atoms with E-state index in [9.17, 15) is 8.42 Å².